The highest BCUT2D eigenvalue weighted by atomic mass is 19.1. The van der Waals surface area contributed by atoms with Crippen molar-refractivity contribution in [2.45, 2.75) is 31.1 Å². The van der Waals surface area contributed by atoms with Crippen LogP contribution in [-0.2, 0) is 9.47 Å². The Labute approximate surface area is 67.5 Å². The highest BCUT2D eigenvalue weighted by Crippen LogP contribution is 2.20. The summed E-state index contributed by atoms with van der Waals surface area (Å²) in [5, 5.41) is 0. The normalized spacial score (nSPS) is 38.9. The zero-order valence-electron chi connectivity index (χ0n) is 6.63. The van der Waals surface area contributed by atoms with E-state index in [1.54, 1.807) is 7.11 Å². The van der Waals surface area contributed by atoms with Gasteiger partial charge >= 0.3 is 0 Å². The summed E-state index contributed by atoms with van der Waals surface area (Å²) in [4.78, 5) is 0. The monoisotopic (exact) mass is 158 g/mol. The molecule has 0 aromatic carbocycles. The van der Waals surface area contributed by atoms with Crippen LogP contribution in [0.25, 0.3) is 0 Å². The molecule has 1 fully saturated rings. The predicted molar refractivity (Wildman–Crippen MR) is 40.4 cm³/mol. The van der Waals surface area contributed by atoms with Gasteiger partial charge in [0.05, 0.1) is 12.7 Å². The van der Waals surface area contributed by atoms with Gasteiger partial charge in [-0.1, -0.05) is 0 Å². The number of methoxy groups -OCH3 is 1. The molecule has 2 radical (unpaired) electrons. The van der Waals surface area contributed by atoms with Crippen molar-refractivity contribution in [1.82, 2.24) is 0 Å². The first-order chi connectivity index (χ1) is 5.24. The number of alkyl halides is 1. The highest BCUT2D eigenvalue weighted by Gasteiger charge is 2.26. The number of halogens is 1. The Morgan fingerprint density at radius 3 is 2.91 bits per heavy atom. The molecule has 0 aliphatic carbocycles. The van der Waals surface area contributed by atoms with Crippen molar-refractivity contribution in [2.75, 3.05) is 13.7 Å². The van der Waals surface area contributed by atoms with Gasteiger partial charge in [-0.05, 0) is 12.8 Å². The van der Waals surface area contributed by atoms with E-state index in [-0.39, 0.29) is 6.10 Å². The molecule has 1 aliphatic heterocycles. The quantitative estimate of drug-likeness (QED) is 0.549. The van der Waals surface area contributed by atoms with Crippen molar-refractivity contribution in [3.8, 4) is 0 Å². The van der Waals surface area contributed by atoms with E-state index in [9.17, 15) is 4.39 Å². The molecule has 0 aromatic rings. The largest absolute Gasteiger partial charge is 0.382 e. The first kappa shape index (κ1) is 9.01. The fourth-order valence-electron chi connectivity index (χ4n) is 1.19. The first-order valence-corrected chi connectivity index (χ1v) is 3.78. The van der Waals surface area contributed by atoms with E-state index in [2.05, 4.69) is 0 Å². The SMILES string of the molecule is [B]C1OC(COC)CCC1F. The third-order valence-electron chi connectivity index (χ3n) is 1.82. The molecule has 11 heavy (non-hydrogen) atoms. The van der Waals surface area contributed by atoms with Gasteiger partial charge in [-0.25, -0.2) is 4.39 Å². The lowest BCUT2D eigenvalue weighted by atomic mass is 9.89. The van der Waals surface area contributed by atoms with Crippen LogP contribution in [0.3, 0.4) is 0 Å². The molecule has 0 aromatic heterocycles. The Kier molecular flexibility index (Phi) is 3.33. The summed E-state index contributed by atoms with van der Waals surface area (Å²) < 4.78 is 22.7. The van der Waals surface area contributed by atoms with E-state index >= 15 is 0 Å². The van der Waals surface area contributed by atoms with Gasteiger partial charge in [0.2, 0.25) is 0 Å². The lowest BCUT2D eigenvalue weighted by Gasteiger charge is -2.30. The highest BCUT2D eigenvalue weighted by molar-refractivity contribution is 6.11. The molecule has 0 spiro atoms. The van der Waals surface area contributed by atoms with Crippen LogP contribution in [0.2, 0.25) is 0 Å². The van der Waals surface area contributed by atoms with Crippen molar-refractivity contribution < 1.29 is 13.9 Å². The summed E-state index contributed by atoms with van der Waals surface area (Å²) in [6, 6.07) is -0.760. The molecule has 1 saturated heterocycles. The van der Waals surface area contributed by atoms with Crippen LogP contribution < -0.4 is 0 Å². The second-order valence-electron chi connectivity index (χ2n) is 2.77. The van der Waals surface area contributed by atoms with Gasteiger partial charge in [-0.2, -0.15) is 0 Å². The van der Waals surface area contributed by atoms with Gasteiger partial charge in [-0.3, -0.25) is 0 Å². The van der Waals surface area contributed by atoms with E-state index in [0.717, 1.165) is 0 Å². The molecule has 2 nitrogen and oxygen atoms in total. The standard InChI is InChI=1S/C7H12BFO2/c1-10-4-5-2-3-6(9)7(8)11-5/h5-7H,2-4H2,1H3. The minimum atomic E-state index is -1.01. The summed E-state index contributed by atoms with van der Waals surface area (Å²) in [6.45, 7) is 0.500. The molecule has 3 atom stereocenters. The van der Waals surface area contributed by atoms with Gasteiger partial charge in [-0.15, -0.1) is 0 Å². The average molecular weight is 158 g/mol. The maximum absolute atomic E-state index is 12.7. The van der Waals surface area contributed by atoms with Crippen molar-refractivity contribution in [3.05, 3.63) is 0 Å². The summed E-state index contributed by atoms with van der Waals surface area (Å²) >= 11 is 0. The van der Waals surface area contributed by atoms with E-state index in [1.807, 2.05) is 0 Å². The molecule has 62 valence electrons. The van der Waals surface area contributed by atoms with Gasteiger partial charge in [0.25, 0.3) is 0 Å². The third-order valence-corrected chi connectivity index (χ3v) is 1.82. The molecule has 0 bridgehead atoms. The minimum Gasteiger partial charge on any atom is -0.382 e. The van der Waals surface area contributed by atoms with Crippen LogP contribution in [0.5, 0.6) is 0 Å². The van der Waals surface area contributed by atoms with Crippen LogP contribution in [-0.4, -0.2) is 39.8 Å². The topological polar surface area (TPSA) is 18.5 Å². The van der Waals surface area contributed by atoms with Crippen LogP contribution in [0.4, 0.5) is 4.39 Å². The molecule has 1 rings (SSSR count). The van der Waals surface area contributed by atoms with Crippen molar-refractivity contribution in [1.29, 1.82) is 0 Å². The molecule has 0 N–H and O–H groups in total. The first-order valence-electron chi connectivity index (χ1n) is 3.78. The minimum absolute atomic E-state index is 0.0259. The number of hydrogen-bond donors (Lipinski definition) is 0. The maximum Gasteiger partial charge on any atom is 0.118 e. The van der Waals surface area contributed by atoms with Crippen molar-refractivity contribution >= 4 is 7.85 Å². The van der Waals surface area contributed by atoms with Crippen LogP contribution in [0.15, 0.2) is 0 Å². The second-order valence-corrected chi connectivity index (χ2v) is 2.77. The average Bonchev–Trinajstić information content (AvgIpc) is 1.98. The lowest BCUT2D eigenvalue weighted by Crippen LogP contribution is -2.38. The molecular weight excluding hydrogens is 146 g/mol. The maximum atomic E-state index is 12.7. The van der Waals surface area contributed by atoms with Crippen molar-refractivity contribution in [3.63, 3.8) is 0 Å². The van der Waals surface area contributed by atoms with Gasteiger partial charge in [0.15, 0.2) is 0 Å². The molecule has 1 aliphatic rings. The predicted octanol–water partition coefficient (Wildman–Crippen LogP) is 0.644. The van der Waals surface area contributed by atoms with Gasteiger partial charge in [0.1, 0.15) is 14.0 Å². The van der Waals surface area contributed by atoms with Crippen LogP contribution in [0.1, 0.15) is 12.8 Å². The summed E-state index contributed by atoms with van der Waals surface area (Å²) in [7, 11) is 6.94. The lowest BCUT2D eigenvalue weighted by molar-refractivity contribution is -0.0784. The Morgan fingerprint density at radius 1 is 1.64 bits per heavy atom. The Hall–Kier alpha value is -0.0851. The third kappa shape index (κ3) is 2.45. The van der Waals surface area contributed by atoms with E-state index in [1.165, 1.54) is 0 Å². The molecule has 4 heteroatoms. The zero-order valence-corrected chi connectivity index (χ0v) is 6.63. The molecule has 0 saturated carbocycles. The number of rotatable bonds is 2. The number of ether oxygens (including phenoxy) is 2. The summed E-state index contributed by atoms with van der Waals surface area (Å²) in [6.07, 6.45) is 0.142. The second kappa shape index (κ2) is 4.07. The molecule has 1 heterocycles. The fourth-order valence-corrected chi connectivity index (χ4v) is 1.19. The molecule has 0 amide bonds. The zero-order chi connectivity index (χ0) is 8.27. The van der Waals surface area contributed by atoms with Crippen molar-refractivity contribution in [2.24, 2.45) is 0 Å². The summed E-state index contributed by atoms with van der Waals surface area (Å²) in [5.41, 5.74) is 0. The Bertz CT molecular complexity index is 123. The van der Waals surface area contributed by atoms with Crippen LogP contribution >= 0.6 is 0 Å². The number of hydrogen-bond acceptors (Lipinski definition) is 2. The Balaban J connectivity index is 2.28. The van der Waals surface area contributed by atoms with E-state index < -0.39 is 12.2 Å². The van der Waals surface area contributed by atoms with Crippen LogP contribution in [0, 0.1) is 0 Å². The van der Waals surface area contributed by atoms with Gasteiger partial charge in [0, 0.05) is 13.1 Å². The molecular formula is C7H12BFO2. The van der Waals surface area contributed by atoms with Gasteiger partial charge < -0.3 is 9.47 Å². The Morgan fingerprint density at radius 2 is 2.36 bits per heavy atom. The summed E-state index contributed by atoms with van der Waals surface area (Å²) in [5.74, 6) is 0. The smallest absolute Gasteiger partial charge is 0.118 e. The fraction of sp³-hybridized carbons (Fsp3) is 1.00. The molecule has 3 unspecified atom stereocenters. The van der Waals surface area contributed by atoms with E-state index in [0.29, 0.717) is 19.4 Å². The van der Waals surface area contributed by atoms with E-state index in [4.69, 9.17) is 17.3 Å².